The zero-order valence-corrected chi connectivity index (χ0v) is 12.5. The summed E-state index contributed by atoms with van der Waals surface area (Å²) >= 11 is 9.37. The number of Topliss-reactive ketones (excluding diaryl/α,β-unsaturated/α-hetero) is 1. The molecule has 2 atom stereocenters. The van der Waals surface area contributed by atoms with Crippen LogP contribution in [0.4, 0.5) is 0 Å². The van der Waals surface area contributed by atoms with Gasteiger partial charge in [-0.05, 0) is 46.0 Å². The summed E-state index contributed by atoms with van der Waals surface area (Å²) in [6.45, 7) is 0. The SMILES string of the molecule is O=C(c1ccc(Br)c(Cl)c1)C1CC1c1ccccc1. The monoisotopic (exact) mass is 334 g/mol. The quantitative estimate of drug-likeness (QED) is 0.714. The van der Waals surface area contributed by atoms with Gasteiger partial charge in [-0.3, -0.25) is 4.79 Å². The number of ketones is 1. The highest BCUT2D eigenvalue weighted by atomic mass is 79.9. The number of carbonyl (C=O) groups excluding carboxylic acids is 1. The van der Waals surface area contributed by atoms with Gasteiger partial charge in [0.15, 0.2) is 5.78 Å². The minimum atomic E-state index is 0.111. The van der Waals surface area contributed by atoms with Gasteiger partial charge in [0.2, 0.25) is 0 Å². The normalized spacial score (nSPS) is 21.2. The van der Waals surface area contributed by atoms with Crippen molar-refractivity contribution in [1.29, 1.82) is 0 Å². The van der Waals surface area contributed by atoms with Crippen molar-refractivity contribution in [2.75, 3.05) is 0 Å². The van der Waals surface area contributed by atoms with Crippen LogP contribution in [0.3, 0.4) is 0 Å². The highest BCUT2D eigenvalue weighted by Gasteiger charge is 2.43. The Balaban J connectivity index is 1.78. The maximum absolute atomic E-state index is 12.4. The van der Waals surface area contributed by atoms with Crippen LogP contribution in [-0.2, 0) is 0 Å². The molecule has 96 valence electrons. The molecule has 1 fully saturated rings. The van der Waals surface area contributed by atoms with Crippen LogP contribution in [0.2, 0.25) is 5.02 Å². The fraction of sp³-hybridized carbons (Fsp3) is 0.188. The molecule has 0 spiro atoms. The number of hydrogen-bond acceptors (Lipinski definition) is 1. The summed E-state index contributed by atoms with van der Waals surface area (Å²) in [5, 5.41) is 0.586. The summed E-state index contributed by atoms with van der Waals surface area (Å²) < 4.78 is 0.820. The number of rotatable bonds is 3. The van der Waals surface area contributed by atoms with Crippen molar-refractivity contribution in [3.63, 3.8) is 0 Å². The van der Waals surface area contributed by atoms with Crippen LogP contribution in [-0.4, -0.2) is 5.78 Å². The van der Waals surface area contributed by atoms with Crippen LogP contribution in [0.1, 0.15) is 28.3 Å². The molecule has 0 saturated heterocycles. The molecule has 0 amide bonds. The van der Waals surface area contributed by atoms with E-state index in [1.54, 1.807) is 6.07 Å². The van der Waals surface area contributed by atoms with Gasteiger partial charge in [-0.2, -0.15) is 0 Å². The highest BCUT2D eigenvalue weighted by Crippen LogP contribution is 2.49. The Hall–Kier alpha value is -1.12. The van der Waals surface area contributed by atoms with E-state index in [1.807, 2.05) is 30.3 Å². The molecule has 2 aromatic carbocycles. The largest absolute Gasteiger partial charge is 0.294 e. The lowest BCUT2D eigenvalue weighted by Crippen LogP contribution is -2.03. The number of hydrogen-bond donors (Lipinski definition) is 0. The first kappa shape index (κ1) is 12.9. The van der Waals surface area contributed by atoms with Crippen molar-refractivity contribution >= 4 is 33.3 Å². The zero-order valence-electron chi connectivity index (χ0n) is 10.1. The first-order chi connectivity index (χ1) is 9.16. The zero-order chi connectivity index (χ0) is 13.4. The van der Waals surface area contributed by atoms with E-state index in [0.717, 1.165) is 10.9 Å². The predicted molar refractivity (Wildman–Crippen MR) is 80.8 cm³/mol. The molecule has 1 aliphatic rings. The Morgan fingerprint density at radius 3 is 2.58 bits per heavy atom. The predicted octanol–water partition coefficient (Wildman–Crippen LogP) is 5.09. The van der Waals surface area contributed by atoms with Crippen molar-refractivity contribution in [2.45, 2.75) is 12.3 Å². The summed E-state index contributed by atoms with van der Waals surface area (Å²) in [7, 11) is 0. The van der Waals surface area contributed by atoms with Crippen LogP contribution >= 0.6 is 27.5 Å². The lowest BCUT2D eigenvalue weighted by Gasteiger charge is -2.03. The van der Waals surface area contributed by atoms with Gasteiger partial charge in [-0.1, -0.05) is 48.0 Å². The summed E-state index contributed by atoms with van der Waals surface area (Å²) in [5.74, 6) is 0.680. The van der Waals surface area contributed by atoms with Crippen LogP contribution in [0, 0.1) is 5.92 Å². The maximum atomic E-state index is 12.4. The van der Waals surface area contributed by atoms with Gasteiger partial charge in [0.1, 0.15) is 0 Å². The van der Waals surface area contributed by atoms with Gasteiger partial charge >= 0.3 is 0 Å². The van der Waals surface area contributed by atoms with E-state index in [1.165, 1.54) is 5.56 Å². The van der Waals surface area contributed by atoms with Crippen molar-refractivity contribution in [1.82, 2.24) is 0 Å². The Labute approximate surface area is 125 Å². The molecule has 3 heteroatoms. The van der Waals surface area contributed by atoms with Gasteiger partial charge in [-0.15, -0.1) is 0 Å². The van der Waals surface area contributed by atoms with Crippen LogP contribution < -0.4 is 0 Å². The van der Waals surface area contributed by atoms with E-state index < -0.39 is 0 Å². The Morgan fingerprint density at radius 1 is 1.16 bits per heavy atom. The molecule has 1 nitrogen and oxygen atoms in total. The van der Waals surface area contributed by atoms with E-state index >= 15 is 0 Å². The molecule has 1 aliphatic carbocycles. The molecule has 0 radical (unpaired) electrons. The molecule has 0 bridgehead atoms. The summed E-state index contributed by atoms with van der Waals surface area (Å²) in [5.41, 5.74) is 1.96. The lowest BCUT2D eigenvalue weighted by atomic mass is 10.0. The molecular weight excluding hydrogens is 324 g/mol. The minimum absolute atomic E-state index is 0.111. The first-order valence-corrected chi connectivity index (χ1v) is 7.38. The summed E-state index contributed by atoms with van der Waals surface area (Å²) in [4.78, 5) is 12.4. The van der Waals surface area contributed by atoms with Gasteiger partial charge < -0.3 is 0 Å². The summed E-state index contributed by atoms with van der Waals surface area (Å²) in [6, 6.07) is 15.6. The molecule has 2 aromatic rings. The van der Waals surface area contributed by atoms with Crippen LogP contribution in [0.15, 0.2) is 53.0 Å². The standard InChI is InChI=1S/C16H12BrClO/c17-14-7-6-11(8-15(14)18)16(19)13-9-12(13)10-4-2-1-3-5-10/h1-8,12-13H,9H2. The van der Waals surface area contributed by atoms with Crippen LogP contribution in [0.25, 0.3) is 0 Å². The Kier molecular flexibility index (Phi) is 3.46. The fourth-order valence-corrected chi connectivity index (χ4v) is 2.84. The van der Waals surface area contributed by atoms with Crippen molar-refractivity contribution in [2.24, 2.45) is 5.92 Å². The molecule has 1 saturated carbocycles. The maximum Gasteiger partial charge on any atom is 0.166 e. The molecule has 3 rings (SSSR count). The average Bonchev–Trinajstić information content (AvgIpc) is 3.22. The van der Waals surface area contributed by atoms with E-state index in [9.17, 15) is 4.79 Å². The molecular formula is C16H12BrClO. The van der Waals surface area contributed by atoms with E-state index in [-0.39, 0.29) is 11.7 Å². The molecule has 0 heterocycles. The Morgan fingerprint density at radius 2 is 1.89 bits per heavy atom. The van der Waals surface area contributed by atoms with E-state index in [2.05, 4.69) is 28.1 Å². The average molecular weight is 336 g/mol. The smallest absolute Gasteiger partial charge is 0.166 e. The Bertz CT molecular complexity index is 624. The molecule has 2 unspecified atom stereocenters. The molecule has 0 aromatic heterocycles. The van der Waals surface area contributed by atoms with E-state index in [0.29, 0.717) is 16.5 Å². The second-order valence-electron chi connectivity index (χ2n) is 4.85. The number of carbonyl (C=O) groups is 1. The number of halogens is 2. The van der Waals surface area contributed by atoms with Crippen molar-refractivity contribution in [3.05, 3.63) is 69.2 Å². The third-order valence-corrected chi connectivity index (χ3v) is 4.79. The second kappa shape index (κ2) is 5.10. The second-order valence-corrected chi connectivity index (χ2v) is 6.11. The van der Waals surface area contributed by atoms with Gasteiger partial charge in [0.05, 0.1) is 5.02 Å². The molecule has 19 heavy (non-hydrogen) atoms. The fourth-order valence-electron chi connectivity index (χ4n) is 2.42. The topological polar surface area (TPSA) is 17.1 Å². The third-order valence-electron chi connectivity index (χ3n) is 3.56. The summed E-state index contributed by atoms with van der Waals surface area (Å²) in [6.07, 6.45) is 0.941. The number of benzene rings is 2. The van der Waals surface area contributed by atoms with Gasteiger partial charge in [0, 0.05) is 16.0 Å². The van der Waals surface area contributed by atoms with Gasteiger partial charge in [0.25, 0.3) is 0 Å². The van der Waals surface area contributed by atoms with Crippen molar-refractivity contribution in [3.8, 4) is 0 Å². The molecule has 0 N–H and O–H groups in total. The molecule has 0 aliphatic heterocycles. The minimum Gasteiger partial charge on any atom is -0.294 e. The van der Waals surface area contributed by atoms with Gasteiger partial charge in [-0.25, -0.2) is 0 Å². The lowest BCUT2D eigenvalue weighted by molar-refractivity contribution is 0.0965. The van der Waals surface area contributed by atoms with Crippen LogP contribution in [0.5, 0.6) is 0 Å². The first-order valence-electron chi connectivity index (χ1n) is 6.21. The van der Waals surface area contributed by atoms with E-state index in [4.69, 9.17) is 11.6 Å². The van der Waals surface area contributed by atoms with Crippen molar-refractivity contribution < 1.29 is 4.79 Å². The highest BCUT2D eigenvalue weighted by molar-refractivity contribution is 9.10. The third kappa shape index (κ3) is 2.60.